The summed E-state index contributed by atoms with van der Waals surface area (Å²) in [6.45, 7) is 5.88. The van der Waals surface area contributed by atoms with Crippen LogP contribution in [0.1, 0.15) is 37.3 Å². The van der Waals surface area contributed by atoms with E-state index in [4.69, 9.17) is 12.2 Å². The fraction of sp³-hybridized carbons (Fsp3) is 0.391. The van der Waals surface area contributed by atoms with E-state index in [1.165, 1.54) is 5.56 Å². The molecule has 2 aromatic carbocycles. The van der Waals surface area contributed by atoms with Gasteiger partial charge < -0.3 is 15.5 Å². The largest absolute Gasteiger partial charge is 0.362 e. The van der Waals surface area contributed by atoms with Crippen molar-refractivity contribution in [1.29, 1.82) is 0 Å². The van der Waals surface area contributed by atoms with Gasteiger partial charge >= 0.3 is 0 Å². The van der Waals surface area contributed by atoms with Crippen LogP contribution in [0.25, 0.3) is 0 Å². The number of hydrogen-bond acceptors (Lipinski definition) is 2. The van der Waals surface area contributed by atoms with Crippen molar-refractivity contribution in [1.82, 2.24) is 5.32 Å². The van der Waals surface area contributed by atoms with E-state index in [9.17, 15) is 4.79 Å². The van der Waals surface area contributed by atoms with Crippen LogP contribution in [-0.4, -0.2) is 24.1 Å². The molecule has 1 aliphatic heterocycles. The number of nitrogens with zero attached hydrogens (tertiary/aromatic N) is 1. The average Bonchev–Trinajstić information content (AvgIpc) is 3.13. The van der Waals surface area contributed by atoms with E-state index in [0.29, 0.717) is 17.5 Å². The van der Waals surface area contributed by atoms with E-state index in [-0.39, 0.29) is 5.91 Å². The first-order chi connectivity index (χ1) is 13.6. The Bertz CT molecular complexity index is 822. The molecule has 0 radical (unpaired) electrons. The van der Waals surface area contributed by atoms with Crippen LogP contribution in [0.4, 0.5) is 11.4 Å². The maximum absolute atomic E-state index is 12.1. The van der Waals surface area contributed by atoms with Crippen LogP contribution in [0.3, 0.4) is 0 Å². The molecule has 2 N–H and O–H groups in total. The third-order valence-corrected chi connectivity index (χ3v) is 5.57. The fourth-order valence-electron chi connectivity index (χ4n) is 3.60. The van der Waals surface area contributed by atoms with Crippen LogP contribution in [0, 0.1) is 12.8 Å². The molecular weight excluding hydrogens is 366 g/mol. The highest BCUT2D eigenvalue weighted by molar-refractivity contribution is 7.80. The molecule has 0 bridgehead atoms. The number of hydrogen-bond donors (Lipinski definition) is 2. The van der Waals surface area contributed by atoms with Crippen molar-refractivity contribution in [2.24, 2.45) is 5.92 Å². The lowest BCUT2D eigenvalue weighted by Gasteiger charge is -2.21. The highest BCUT2D eigenvalue weighted by Crippen LogP contribution is 2.28. The molecule has 4 nitrogen and oxygen atoms in total. The second kappa shape index (κ2) is 9.69. The van der Waals surface area contributed by atoms with Gasteiger partial charge in [0.05, 0.1) is 0 Å². The van der Waals surface area contributed by atoms with Gasteiger partial charge in [-0.15, -0.1) is 0 Å². The number of anilines is 2. The predicted molar refractivity (Wildman–Crippen MR) is 121 cm³/mol. The molecule has 1 amide bonds. The molecule has 1 unspecified atom stereocenters. The fourth-order valence-corrected chi connectivity index (χ4v) is 3.80. The molecule has 2 aromatic rings. The maximum Gasteiger partial charge on any atom is 0.227 e. The van der Waals surface area contributed by atoms with E-state index in [1.54, 1.807) is 0 Å². The van der Waals surface area contributed by atoms with Gasteiger partial charge in [-0.1, -0.05) is 49.7 Å². The molecule has 1 saturated heterocycles. The Labute approximate surface area is 173 Å². The minimum atomic E-state index is 0.202. The first kappa shape index (κ1) is 20.3. The molecule has 28 heavy (non-hydrogen) atoms. The quantitative estimate of drug-likeness (QED) is 0.668. The zero-order valence-electron chi connectivity index (χ0n) is 16.7. The molecule has 1 atom stereocenters. The summed E-state index contributed by atoms with van der Waals surface area (Å²) < 4.78 is 0. The van der Waals surface area contributed by atoms with Crippen molar-refractivity contribution in [3.05, 3.63) is 59.7 Å². The summed E-state index contributed by atoms with van der Waals surface area (Å²) in [6, 6.07) is 16.6. The molecular formula is C23H29N3OS. The molecule has 1 fully saturated rings. The molecule has 3 rings (SSSR count). The van der Waals surface area contributed by atoms with Gasteiger partial charge in [-0.3, -0.25) is 4.79 Å². The van der Waals surface area contributed by atoms with Crippen LogP contribution in [0.5, 0.6) is 0 Å². The van der Waals surface area contributed by atoms with E-state index >= 15 is 0 Å². The smallest absolute Gasteiger partial charge is 0.227 e. The number of aryl methyl sites for hydroxylation is 1. The van der Waals surface area contributed by atoms with E-state index in [0.717, 1.165) is 49.3 Å². The van der Waals surface area contributed by atoms with Crippen LogP contribution in [0.15, 0.2) is 48.5 Å². The Morgan fingerprint density at radius 1 is 1.21 bits per heavy atom. The summed E-state index contributed by atoms with van der Waals surface area (Å²) in [5.41, 5.74) is 4.35. The van der Waals surface area contributed by atoms with Gasteiger partial charge in [0.1, 0.15) is 0 Å². The van der Waals surface area contributed by atoms with Gasteiger partial charge in [0.25, 0.3) is 0 Å². The third-order valence-electron chi connectivity index (χ3n) is 5.33. The summed E-state index contributed by atoms with van der Waals surface area (Å²) in [5.74, 6) is 0.727. The summed E-state index contributed by atoms with van der Waals surface area (Å²) >= 11 is 5.50. The molecule has 5 heteroatoms. The Morgan fingerprint density at radius 2 is 2.00 bits per heavy atom. The molecule has 0 aliphatic carbocycles. The molecule has 0 spiro atoms. The maximum atomic E-state index is 12.1. The minimum absolute atomic E-state index is 0.202. The van der Waals surface area contributed by atoms with Crippen LogP contribution >= 0.6 is 12.2 Å². The van der Waals surface area contributed by atoms with Crippen molar-refractivity contribution in [2.45, 2.75) is 39.5 Å². The number of rotatable bonds is 7. The van der Waals surface area contributed by atoms with Gasteiger partial charge in [0.15, 0.2) is 5.11 Å². The number of carbonyl (C=O) groups is 1. The SMILES string of the molecule is CCC(CNC(=S)Nc1ccc(C)c(N2CCCC2=O)c1)Cc1ccccc1. The molecule has 0 aromatic heterocycles. The highest BCUT2D eigenvalue weighted by atomic mass is 32.1. The second-order valence-electron chi connectivity index (χ2n) is 7.45. The monoisotopic (exact) mass is 395 g/mol. The summed E-state index contributed by atoms with van der Waals surface area (Å²) in [6.07, 6.45) is 3.70. The highest BCUT2D eigenvalue weighted by Gasteiger charge is 2.23. The number of benzene rings is 2. The van der Waals surface area contributed by atoms with Crippen molar-refractivity contribution < 1.29 is 4.79 Å². The average molecular weight is 396 g/mol. The first-order valence-electron chi connectivity index (χ1n) is 10.1. The van der Waals surface area contributed by atoms with Gasteiger partial charge in [-0.05, 0) is 61.2 Å². The number of amides is 1. The topological polar surface area (TPSA) is 44.4 Å². The Hall–Kier alpha value is -2.40. The Balaban J connectivity index is 1.56. The number of thiocarbonyl (C=S) groups is 1. The third kappa shape index (κ3) is 5.32. The Kier molecular flexibility index (Phi) is 7.04. The Morgan fingerprint density at radius 3 is 2.68 bits per heavy atom. The molecule has 1 heterocycles. The van der Waals surface area contributed by atoms with Crippen molar-refractivity contribution in [3.8, 4) is 0 Å². The van der Waals surface area contributed by atoms with Crippen LogP contribution < -0.4 is 15.5 Å². The molecule has 0 saturated carbocycles. The number of nitrogens with one attached hydrogen (secondary N) is 2. The van der Waals surface area contributed by atoms with Gasteiger partial charge in [0, 0.05) is 30.9 Å². The van der Waals surface area contributed by atoms with Gasteiger partial charge in [-0.25, -0.2) is 0 Å². The zero-order chi connectivity index (χ0) is 19.9. The van der Waals surface area contributed by atoms with Crippen LogP contribution in [-0.2, 0) is 11.2 Å². The normalized spacial score (nSPS) is 14.8. The zero-order valence-corrected chi connectivity index (χ0v) is 17.5. The van der Waals surface area contributed by atoms with E-state index in [1.807, 2.05) is 36.1 Å². The molecule has 1 aliphatic rings. The summed E-state index contributed by atoms with van der Waals surface area (Å²) in [4.78, 5) is 14.0. The minimum Gasteiger partial charge on any atom is -0.362 e. The lowest BCUT2D eigenvalue weighted by atomic mass is 9.97. The summed E-state index contributed by atoms with van der Waals surface area (Å²) in [7, 11) is 0. The van der Waals surface area contributed by atoms with E-state index in [2.05, 4.69) is 41.8 Å². The van der Waals surface area contributed by atoms with Crippen molar-refractivity contribution in [3.63, 3.8) is 0 Å². The number of carbonyl (C=O) groups excluding carboxylic acids is 1. The lowest BCUT2D eigenvalue weighted by molar-refractivity contribution is -0.117. The van der Waals surface area contributed by atoms with Crippen molar-refractivity contribution >= 4 is 34.6 Å². The van der Waals surface area contributed by atoms with Crippen molar-refractivity contribution in [2.75, 3.05) is 23.3 Å². The first-order valence-corrected chi connectivity index (χ1v) is 10.5. The van der Waals surface area contributed by atoms with E-state index < -0.39 is 0 Å². The second-order valence-corrected chi connectivity index (χ2v) is 7.86. The predicted octanol–water partition coefficient (Wildman–Crippen LogP) is 4.68. The van der Waals surface area contributed by atoms with Crippen LogP contribution in [0.2, 0.25) is 0 Å². The van der Waals surface area contributed by atoms with Gasteiger partial charge in [-0.2, -0.15) is 0 Å². The molecule has 148 valence electrons. The summed E-state index contributed by atoms with van der Waals surface area (Å²) in [5, 5.41) is 7.25. The standard InChI is InChI=1S/C23H29N3OS/c1-3-18(14-19-8-5-4-6-9-19)16-24-23(28)25-20-12-11-17(2)21(15-20)26-13-7-10-22(26)27/h4-6,8-9,11-12,15,18H,3,7,10,13-14,16H2,1-2H3,(H2,24,25,28). The lowest BCUT2D eigenvalue weighted by Crippen LogP contribution is -2.33. The van der Waals surface area contributed by atoms with Gasteiger partial charge in [0.2, 0.25) is 5.91 Å².